The number of piperidine rings is 1. The number of rotatable bonds is 8. The summed E-state index contributed by atoms with van der Waals surface area (Å²) >= 11 is 1.44. The van der Waals surface area contributed by atoms with Crippen LogP contribution in [0.4, 0.5) is 0 Å². The van der Waals surface area contributed by atoms with E-state index in [1.807, 2.05) is 20.8 Å². The Morgan fingerprint density at radius 1 is 1.11 bits per heavy atom. The van der Waals surface area contributed by atoms with Crippen molar-refractivity contribution in [3.8, 4) is 5.75 Å². The van der Waals surface area contributed by atoms with E-state index in [0.717, 1.165) is 25.9 Å². The zero-order valence-corrected chi connectivity index (χ0v) is 21.4. The van der Waals surface area contributed by atoms with Crippen LogP contribution in [0.15, 0.2) is 30.3 Å². The fraction of sp³-hybridized carbons (Fsp3) is 0.600. The van der Waals surface area contributed by atoms with Gasteiger partial charge in [-0.15, -0.1) is 11.8 Å². The molecular weight excluding hydrogens is 470 g/mol. The summed E-state index contributed by atoms with van der Waals surface area (Å²) in [5.74, 6) is -1.57. The van der Waals surface area contributed by atoms with Crippen molar-refractivity contribution < 1.29 is 28.7 Å². The second-order valence-electron chi connectivity index (χ2n) is 9.80. The minimum absolute atomic E-state index is 0.360. The van der Waals surface area contributed by atoms with Crippen LogP contribution < -0.4 is 10.1 Å². The van der Waals surface area contributed by atoms with E-state index in [1.54, 1.807) is 30.3 Å². The summed E-state index contributed by atoms with van der Waals surface area (Å²) < 4.78 is 10.8. The lowest BCUT2D eigenvalue weighted by molar-refractivity contribution is -0.174. The molecule has 1 aromatic carbocycles. The number of ketones is 1. The fourth-order valence-electron chi connectivity index (χ4n) is 4.90. The number of amides is 2. The van der Waals surface area contributed by atoms with Crippen LogP contribution in [0.2, 0.25) is 0 Å². The number of thioether (sulfide) groups is 1. The lowest BCUT2D eigenvalue weighted by Crippen LogP contribution is -2.71. The topological polar surface area (TPSA) is 105 Å². The average Bonchev–Trinajstić information content (AvgIpc) is 3.09. The molecule has 0 aromatic heterocycles. The van der Waals surface area contributed by atoms with Crippen LogP contribution in [0.25, 0.3) is 0 Å². The Balaban J connectivity index is 1.41. The molecule has 0 aliphatic carbocycles. The predicted octanol–water partition coefficient (Wildman–Crippen LogP) is 1.95. The molecule has 0 bridgehead atoms. The molecule has 0 radical (unpaired) electrons. The third-order valence-corrected chi connectivity index (χ3v) is 8.33. The average molecular weight is 504 g/mol. The van der Waals surface area contributed by atoms with Gasteiger partial charge in [-0.25, -0.2) is 4.79 Å². The van der Waals surface area contributed by atoms with E-state index in [-0.39, 0.29) is 12.1 Å². The Bertz CT molecular complexity index is 981. The minimum atomic E-state index is -1.37. The van der Waals surface area contributed by atoms with Crippen LogP contribution in [0.3, 0.4) is 0 Å². The molecule has 3 aliphatic rings. The van der Waals surface area contributed by atoms with Crippen molar-refractivity contribution in [1.82, 2.24) is 15.1 Å². The van der Waals surface area contributed by atoms with Crippen molar-refractivity contribution >= 4 is 35.3 Å². The number of benzene rings is 1. The van der Waals surface area contributed by atoms with Crippen molar-refractivity contribution in [3.05, 3.63) is 30.3 Å². The molecule has 4 rings (SSSR count). The largest absolute Gasteiger partial charge is 0.473 e. The molecule has 1 N–H and O–H groups in total. The number of hydrogen-bond acceptors (Lipinski definition) is 8. The molecular formula is C25H33N3O6S. The molecule has 0 saturated carbocycles. The van der Waals surface area contributed by atoms with Gasteiger partial charge in [-0.3, -0.25) is 19.3 Å². The number of fused-ring (bicyclic) bond motifs is 1. The van der Waals surface area contributed by atoms with E-state index in [2.05, 4.69) is 10.2 Å². The number of nitrogens with one attached hydrogen (secondary N) is 1. The number of ether oxygens (including phenoxy) is 2. The minimum Gasteiger partial charge on any atom is -0.473 e. The van der Waals surface area contributed by atoms with Crippen molar-refractivity contribution in [2.45, 2.75) is 81.5 Å². The number of hydrogen-bond donors (Lipinski definition) is 1. The fourth-order valence-corrected chi connectivity index (χ4v) is 6.52. The van der Waals surface area contributed by atoms with Crippen LogP contribution >= 0.6 is 11.8 Å². The van der Waals surface area contributed by atoms with Gasteiger partial charge in [0.05, 0.1) is 0 Å². The van der Waals surface area contributed by atoms with E-state index in [1.165, 1.54) is 30.0 Å². The van der Waals surface area contributed by atoms with Crippen molar-refractivity contribution in [3.63, 3.8) is 0 Å². The maximum atomic E-state index is 13.2. The number of carbonyl (C=O) groups excluding carboxylic acids is 4. The van der Waals surface area contributed by atoms with E-state index < -0.39 is 46.0 Å². The number of Topliss-reactive ketones (excluding diaryl/α,β-unsaturated/α-hetero) is 1. The van der Waals surface area contributed by atoms with Crippen molar-refractivity contribution in [2.75, 3.05) is 13.1 Å². The highest BCUT2D eigenvalue weighted by atomic mass is 32.2. The maximum absolute atomic E-state index is 13.2. The summed E-state index contributed by atoms with van der Waals surface area (Å²) in [7, 11) is 0. The SMILES string of the molecule is CC(=O)C(Oc1ccccc1)C(=O)N[C@@H]1C(=O)N2[C@@H]1SC(C)(C)[C@@H]2C(=O)OC(C)N1CCCCC1. The third-order valence-electron chi connectivity index (χ3n) is 6.76. The number of para-hydroxylation sites is 1. The number of likely N-dealkylation sites (tertiary alicyclic amines) is 1. The molecule has 10 heteroatoms. The molecule has 1 aromatic rings. The first kappa shape index (κ1) is 25.5. The summed E-state index contributed by atoms with van der Waals surface area (Å²) in [6.45, 7) is 8.71. The lowest BCUT2D eigenvalue weighted by Gasteiger charge is -2.44. The van der Waals surface area contributed by atoms with Crippen LogP contribution in [0.1, 0.15) is 47.0 Å². The molecule has 3 saturated heterocycles. The molecule has 3 aliphatic heterocycles. The molecule has 9 nitrogen and oxygen atoms in total. The molecule has 5 atom stereocenters. The standard InChI is InChI=1S/C25H33N3O6S/c1-15(29)19(34-17-11-7-5-8-12-17)21(30)26-18-22(31)28-20(25(3,4)35-23(18)28)24(32)33-16(2)27-13-9-6-10-14-27/h5,7-8,11-12,16,18-20,23H,6,9-10,13-14H2,1-4H3,(H,26,30)/t16?,18-,19?,20+,23-/m1/s1. The second-order valence-corrected chi connectivity index (χ2v) is 11.6. The first-order chi connectivity index (χ1) is 16.6. The smallest absolute Gasteiger partial charge is 0.331 e. The molecule has 35 heavy (non-hydrogen) atoms. The Labute approximate surface area is 209 Å². The van der Waals surface area contributed by atoms with Crippen LogP contribution in [-0.2, 0) is 23.9 Å². The van der Waals surface area contributed by atoms with Gasteiger partial charge in [0.25, 0.3) is 5.91 Å². The zero-order chi connectivity index (χ0) is 25.3. The first-order valence-corrected chi connectivity index (χ1v) is 12.9. The Kier molecular flexibility index (Phi) is 7.42. The van der Waals surface area contributed by atoms with Gasteiger partial charge in [0.2, 0.25) is 12.0 Å². The summed E-state index contributed by atoms with van der Waals surface area (Å²) in [5, 5.41) is 2.25. The van der Waals surface area contributed by atoms with Gasteiger partial charge in [0, 0.05) is 17.8 Å². The Morgan fingerprint density at radius 3 is 2.40 bits per heavy atom. The second kappa shape index (κ2) is 10.2. The van der Waals surface area contributed by atoms with E-state index >= 15 is 0 Å². The van der Waals surface area contributed by atoms with Crippen LogP contribution in [0.5, 0.6) is 5.75 Å². The summed E-state index contributed by atoms with van der Waals surface area (Å²) in [6.07, 6.45) is 1.61. The van der Waals surface area contributed by atoms with Crippen LogP contribution in [-0.4, -0.2) is 81.0 Å². The number of carbonyl (C=O) groups is 4. The summed E-state index contributed by atoms with van der Waals surface area (Å²) in [5.41, 5.74) is 0. The summed E-state index contributed by atoms with van der Waals surface area (Å²) in [4.78, 5) is 54.9. The number of nitrogens with zero attached hydrogens (tertiary/aromatic N) is 2. The molecule has 3 heterocycles. The highest BCUT2D eigenvalue weighted by molar-refractivity contribution is 8.01. The van der Waals surface area contributed by atoms with Gasteiger partial charge in [0.1, 0.15) is 23.2 Å². The van der Waals surface area contributed by atoms with Gasteiger partial charge in [-0.05, 0) is 52.7 Å². The molecule has 2 amide bonds. The normalized spacial score (nSPS) is 27.3. The Hall–Kier alpha value is -2.59. The molecule has 3 fully saturated rings. The monoisotopic (exact) mass is 503 g/mol. The zero-order valence-electron chi connectivity index (χ0n) is 20.6. The van der Waals surface area contributed by atoms with Gasteiger partial charge in [-0.1, -0.05) is 24.6 Å². The van der Waals surface area contributed by atoms with Gasteiger partial charge < -0.3 is 19.7 Å². The molecule has 190 valence electrons. The van der Waals surface area contributed by atoms with Gasteiger partial charge in [0.15, 0.2) is 12.0 Å². The van der Waals surface area contributed by atoms with Crippen LogP contribution in [0, 0.1) is 0 Å². The van der Waals surface area contributed by atoms with Crippen molar-refractivity contribution in [1.29, 1.82) is 0 Å². The Morgan fingerprint density at radius 2 is 1.77 bits per heavy atom. The number of β-lactam (4-membered cyclic amide) rings is 1. The third kappa shape index (κ3) is 5.18. The lowest BCUT2D eigenvalue weighted by atomic mass is 9.95. The van der Waals surface area contributed by atoms with Crippen molar-refractivity contribution in [2.24, 2.45) is 0 Å². The van der Waals surface area contributed by atoms with Gasteiger partial charge >= 0.3 is 5.97 Å². The van der Waals surface area contributed by atoms with E-state index in [0.29, 0.717) is 5.75 Å². The van der Waals surface area contributed by atoms with E-state index in [9.17, 15) is 19.2 Å². The molecule has 0 spiro atoms. The highest BCUT2D eigenvalue weighted by Crippen LogP contribution is 2.51. The predicted molar refractivity (Wildman–Crippen MR) is 131 cm³/mol. The number of esters is 1. The maximum Gasteiger partial charge on any atom is 0.331 e. The highest BCUT2D eigenvalue weighted by Gasteiger charge is 2.64. The first-order valence-electron chi connectivity index (χ1n) is 12.1. The quantitative estimate of drug-likeness (QED) is 0.326. The summed E-state index contributed by atoms with van der Waals surface area (Å²) in [6, 6.07) is 6.97. The van der Waals surface area contributed by atoms with E-state index in [4.69, 9.17) is 9.47 Å². The van der Waals surface area contributed by atoms with Gasteiger partial charge in [-0.2, -0.15) is 0 Å². The molecule has 2 unspecified atom stereocenters.